The van der Waals surface area contributed by atoms with Crippen molar-refractivity contribution in [3.63, 3.8) is 0 Å². The number of nitrogens with zero attached hydrogens (tertiary/aromatic N) is 4. The van der Waals surface area contributed by atoms with Crippen molar-refractivity contribution in [3.8, 4) is 0 Å². The van der Waals surface area contributed by atoms with Gasteiger partial charge in [-0.05, 0) is 67.4 Å². The Morgan fingerprint density at radius 1 is 1.29 bits per heavy atom. The van der Waals surface area contributed by atoms with E-state index in [4.69, 9.17) is 24.4 Å². The highest BCUT2D eigenvalue weighted by Crippen LogP contribution is 2.69. The number of fused-ring (bicyclic) bond motifs is 7. The molecule has 4 aliphatic carbocycles. The molecule has 10 heteroatoms. The van der Waals surface area contributed by atoms with Crippen LogP contribution in [0.25, 0.3) is 0 Å². The van der Waals surface area contributed by atoms with Crippen LogP contribution in [0.4, 0.5) is 0 Å². The summed E-state index contributed by atoms with van der Waals surface area (Å²) in [7, 11) is 3.73. The average Bonchev–Trinajstić information content (AvgIpc) is 3.42. The number of halogens is 1. The van der Waals surface area contributed by atoms with Crippen molar-refractivity contribution in [1.82, 2.24) is 5.01 Å². The van der Waals surface area contributed by atoms with Crippen LogP contribution in [0.1, 0.15) is 58.9 Å². The monoisotopic (exact) mass is 680 g/mol. The van der Waals surface area contributed by atoms with Gasteiger partial charge in [-0.25, -0.2) is 4.99 Å². The lowest BCUT2D eigenvalue weighted by atomic mass is 9.46. The molecule has 6 rings (SSSR count). The van der Waals surface area contributed by atoms with E-state index < -0.39 is 17.1 Å². The van der Waals surface area contributed by atoms with Gasteiger partial charge < -0.3 is 24.4 Å². The molecule has 5 aliphatic rings. The Labute approximate surface area is 274 Å². The molecule has 242 valence electrons. The van der Waals surface area contributed by atoms with Crippen molar-refractivity contribution in [2.75, 3.05) is 27.3 Å². The van der Waals surface area contributed by atoms with E-state index in [1.54, 1.807) is 5.01 Å². The fourth-order valence-electron chi connectivity index (χ4n) is 9.38. The lowest BCUT2D eigenvalue weighted by Gasteiger charge is -2.59. The number of esters is 1. The van der Waals surface area contributed by atoms with Crippen molar-refractivity contribution in [2.45, 2.75) is 77.5 Å². The minimum absolute atomic E-state index is 0.0388. The molecule has 0 spiro atoms. The van der Waals surface area contributed by atoms with Gasteiger partial charge >= 0.3 is 5.97 Å². The van der Waals surface area contributed by atoms with E-state index in [2.05, 4.69) is 59.2 Å². The summed E-state index contributed by atoms with van der Waals surface area (Å²) in [6.07, 6.45) is 9.70. The Morgan fingerprint density at radius 2 is 2.09 bits per heavy atom. The second kappa shape index (κ2) is 12.0. The Bertz CT molecular complexity index is 1500. The maximum atomic E-state index is 12.1. The zero-order valence-corrected chi connectivity index (χ0v) is 28.7. The standard InChI is InChI=1S/C35H45BrN4O5/c1-21-37-35(30(38-40(5)6)20-43-22(2)41)31(45-21)18-28-27-11-10-24-17-26(39-44-15-13-23-8-7-9-25(36)16-23)12-14-33(24,3)32(27)29(42)19-34(28,35)4/h7-9,12,14,16-17,27-29,31-32,42H,10-11,13,15,18-20H2,1-6H3/b38-30-,39-26+/t27-,28-,29-,31+,32+,33-,34-,35+/m0/s1. The number of aliphatic hydroxyl groups excluding tert-OH is 1. The van der Waals surface area contributed by atoms with Crippen LogP contribution in [0.3, 0.4) is 0 Å². The predicted octanol–water partition coefficient (Wildman–Crippen LogP) is 5.72. The van der Waals surface area contributed by atoms with Crippen LogP contribution in [0.5, 0.6) is 0 Å². The van der Waals surface area contributed by atoms with Crippen molar-refractivity contribution < 1.29 is 24.2 Å². The summed E-state index contributed by atoms with van der Waals surface area (Å²) in [4.78, 5) is 22.8. The van der Waals surface area contributed by atoms with Crippen LogP contribution in [-0.4, -0.2) is 78.5 Å². The van der Waals surface area contributed by atoms with Gasteiger partial charge in [-0.15, -0.1) is 0 Å². The van der Waals surface area contributed by atoms with Crippen molar-refractivity contribution in [3.05, 3.63) is 58.1 Å². The third-order valence-electron chi connectivity index (χ3n) is 11.1. The molecule has 45 heavy (non-hydrogen) atoms. The predicted molar refractivity (Wildman–Crippen MR) is 178 cm³/mol. The molecule has 1 aromatic carbocycles. The molecule has 0 aromatic heterocycles. The first-order valence-electron chi connectivity index (χ1n) is 16.0. The molecule has 0 bridgehead atoms. The molecule has 1 heterocycles. The number of carbonyl (C=O) groups excluding carboxylic acids is 1. The summed E-state index contributed by atoms with van der Waals surface area (Å²) in [6.45, 7) is 8.36. The van der Waals surface area contributed by atoms with Gasteiger partial charge in [0.2, 0.25) is 0 Å². The number of rotatable bonds is 8. The maximum Gasteiger partial charge on any atom is 0.303 e. The molecule has 0 amide bonds. The third-order valence-corrected chi connectivity index (χ3v) is 11.6. The number of hydrazone groups is 1. The molecule has 0 unspecified atom stereocenters. The summed E-state index contributed by atoms with van der Waals surface area (Å²) in [5, 5.41) is 23.2. The summed E-state index contributed by atoms with van der Waals surface area (Å²) in [5.74, 6) is 0.822. The molecule has 0 saturated heterocycles. The Morgan fingerprint density at radius 3 is 2.82 bits per heavy atom. The van der Waals surface area contributed by atoms with Crippen LogP contribution in [0.15, 0.2) is 67.8 Å². The molecule has 1 aliphatic heterocycles. The molecule has 1 N–H and O–H groups in total. The topological polar surface area (TPSA) is 105 Å². The number of allylic oxidation sites excluding steroid dienone is 4. The van der Waals surface area contributed by atoms with E-state index in [-0.39, 0.29) is 41.8 Å². The van der Waals surface area contributed by atoms with Crippen molar-refractivity contribution in [2.24, 2.45) is 43.8 Å². The SMILES string of the molecule is CC(=O)OC/C(=N/N(C)C)[C@@]12N=C(C)O[C@@H]1C[C@H]1[C@@H]3CCC4=C/C(=N/OCCc5cccc(Br)c5)C=C[C@]4(C)[C@H]3[C@@H](O)C[C@@]12C. The number of oxime groups is 1. The summed E-state index contributed by atoms with van der Waals surface area (Å²) in [5.41, 5.74) is 2.44. The molecule has 1 aromatic rings. The number of carbonyl (C=O) groups is 1. The number of aliphatic imine (C=N–C) groups is 1. The van der Waals surface area contributed by atoms with Crippen LogP contribution in [0, 0.1) is 28.6 Å². The molecule has 8 atom stereocenters. The first-order valence-corrected chi connectivity index (χ1v) is 16.8. The Balaban J connectivity index is 1.25. The molecular weight excluding hydrogens is 636 g/mol. The van der Waals surface area contributed by atoms with Gasteiger partial charge in [-0.2, -0.15) is 5.10 Å². The highest BCUT2D eigenvalue weighted by Gasteiger charge is 2.74. The van der Waals surface area contributed by atoms with Crippen LogP contribution in [-0.2, 0) is 25.5 Å². The minimum atomic E-state index is -0.820. The zero-order chi connectivity index (χ0) is 32.1. The second-order valence-electron chi connectivity index (χ2n) is 14.0. The molecule has 9 nitrogen and oxygen atoms in total. The second-order valence-corrected chi connectivity index (χ2v) is 14.9. The lowest BCUT2D eigenvalue weighted by molar-refractivity contribution is -0.139. The van der Waals surface area contributed by atoms with Gasteiger partial charge in [0.25, 0.3) is 0 Å². The number of benzene rings is 1. The van der Waals surface area contributed by atoms with Gasteiger partial charge in [0.15, 0.2) is 5.90 Å². The first-order chi connectivity index (χ1) is 21.4. The number of ether oxygens (including phenoxy) is 2. The number of aliphatic hydroxyl groups is 1. The largest absolute Gasteiger partial charge is 0.475 e. The van der Waals surface area contributed by atoms with E-state index in [1.165, 1.54) is 18.1 Å². The van der Waals surface area contributed by atoms with Crippen LogP contribution < -0.4 is 0 Å². The van der Waals surface area contributed by atoms with Gasteiger partial charge in [0.05, 0.1) is 6.10 Å². The van der Waals surface area contributed by atoms with Crippen LogP contribution in [0.2, 0.25) is 0 Å². The molecule has 3 fully saturated rings. The van der Waals surface area contributed by atoms with Crippen molar-refractivity contribution in [1.29, 1.82) is 0 Å². The van der Waals surface area contributed by atoms with Crippen LogP contribution >= 0.6 is 15.9 Å². The Hall–Kier alpha value is -2.98. The fourth-order valence-corrected chi connectivity index (χ4v) is 9.82. The quantitative estimate of drug-likeness (QED) is 0.163. The molecule has 3 saturated carbocycles. The maximum absolute atomic E-state index is 12.1. The van der Waals surface area contributed by atoms with E-state index in [0.29, 0.717) is 24.6 Å². The Kier molecular flexibility index (Phi) is 8.52. The van der Waals surface area contributed by atoms with Gasteiger partial charge in [-0.1, -0.05) is 58.7 Å². The molecular formula is C35H45BrN4O5. The van der Waals surface area contributed by atoms with Gasteiger partial charge in [0.1, 0.15) is 36.3 Å². The van der Waals surface area contributed by atoms with Crippen molar-refractivity contribution >= 4 is 39.2 Å². The highest BCUT2D eigenvalue weighted by atomic mass is 79.9. The van der Waals surface area contributed by atoms with Gasteiger partial charge in [-0.3, -0.25) is 4.79 Å². The summed E-state index contributed by atoms with van der Waals surface area (Å²) < 4.78 is 13.0. The average molecular weight is 682 g/mol. The first kappa shape index (κ1) is 32.0. The van der Waals surface area contributed by atoms with E-state index >= 15 is 0 Å². The number of hydrogen-bond donors (Lipinski definition) is 1. The third kappa shape index (κ3) is 5.45. The van der Waals surface area contributed by atoms with E-state index in [9.17, 15) is 9.90 Å². The lowest BCUT2D eigenvalue weighted by Crippen LogP contribution is -2.62. The highest BCUT2D eigenvalue weighted by molar-refractivity contribution is 9.10. The van der Waals surface area contributed by atoms with E-state index in [1.807, 2.05) is 39.2 Å². The minimum Gasteiger partial charge on any atom is -0.475 e. The summed E-state index contributed by atoms with van der Waals surface area (Å²) >= 11 is 3.52. The molecule has 0 radical (unpaired) electrons. The smallest absolute Gasteiger partial charge is 0.303 e. The number of hydrogen-bond acceptors (Lipinski definition) is 9. The van der Waals surface area contributed by atoms with E-state index in [0.717, 1.165) is 35.9 Å². The van der Waals surface area contributed by atoms with Gasteiger partial charge in [0, 0.05) is 55.6 Å². The fraction of sp³-hybridized carbons (Fsp3) is 0.600. The summed E-state index contributed by atoms with van der Waals surface area (Å²) in [6, 6.07) is 8.22. The zero-order valence-electron chi connectivity index (χ0n) is 27.1. The normalized spacial score (nSPS) is 37.5.